The maximum absolute atomic E-state index is 3.69. The highest BCUT2D eigenvalue weighted by molar-refractivity contribution is 9.11. The van der Waals surface area contributed by atoms with E-state index in [1.54, 1.807) is 0 Å². The first-order chi connectivity index (χ1) is 10.1. The van der Waals surface area contributed by atoms with Crippen LogP contribution in [0.5, 0.6) is 0 Å². The van der Waals surface area contributed by atoms with Gasteiger partial charge >= 0.3 is 0 Å². The van der Waals surface area contributed by atoms with E-state index in [2.05, 4.69) is 72.3 Å². The van der Waals surface area contributed by atoms with Crippen molar-refractivity contribution < 1.29 is 0 Å². The molecule has 2 rings (SSSR count). The molecule has 0 amide bonds. The largest absolute Gasteiger partial charge is 0.309 e. The van der Waals surface area contributed by atoms with Gasteiger partial charge in [-0.25, -0.2) is 0 Å². The maximum atomic E-state index is 3.69. The molecule has 2 aromatic rings. The van der Waals surface area contributed by atoms with Crippen molar-refractivity contribution in [1.29, 1.82) is 0 Å². The summed E-state index contributed by atoms with van der Waals surface area (Å²) in [5.74, 6) is 0. The second kappa shape index (κ2) is 8.11. The number of halogens is 1. The highest BCUT2D eigenvalue weighted by atomic mass is 79.9. The molecule has 21 heavy (non-hydrogen) atoms. The van der Waals surface area contributed by atoms with Crippen LogP contribution in [-0.2, 0) is 12.8 Å². The maximum Gasteiger partial charge on any atom is 0.0731 e. The predicted molar refractivity (Wildman–Crippen MR) is 97.3 cm³/mol. The van der Waals surface area contributed by atoms with Crippen molar-refractivity contribution in [2.45, 2.75) is 46.1 Å². The Morgan fingerprint density at radius 2 is 1.81 bits per heavy atom. The lowest BCUT2D eigenvalue weighted by Gasteiger charge is -2.17. The first kappa shape index (κ1) is 16.7. The fourth-order valence-corrected chi connectivity index (χ4v) is 4.04. The van der Waals surface area contributed by atoms with Crippen molar-refractivity contribution >= 4 is 27.3 Å². The summed E-state index contributed by atoms with van der Waals surface area (Å²) in [5, 5.41) is 3.69. The lowest BCUT2D eigenvalue weighted by atomic mass is 10.0. The van der Waals surface area contributed by atoms with E-state index in [0.717, 1.165) is 25.8 Å². The highest BCUT2D eigenvalue weighted by Crippen LogP contribution is 2.33. The first-order valence-corrected chi connectivity index (χ1v) is 9.32. The minimum Gasteiger partial charge on any atom is -0.309 e. The standard InChI is InChI=1S/C18H24BrNS/c1-4-10-20-16(17-11-13(3)18(19)21-17)12-15-8-6-14(5-2)7-9-15/h6-9,11,16,20H,4-5,10,12H2,1-3H3. The van der Waals surface area contributed by atoms with E-state index in [-0.39, 0.29) is 0 Å². The molecule has 1 nitrogen and oxygen atoms in total. The van der Waals surface area contributed by atoms with E-state index in [0.29, 0.717) is 6.04 Å². The van der Waals surface area contributed by atoms with Crippen molar-refractivity contribution in [3.05, 3.63) is 55.7 Å². The van der Waals surface area contributed by atoms with E-state index < -0.39 is 0 Å². The summed E-state index contributed by atoms with van der Waals surface area (Å²) in [4.78, 5) is 1.42. The molecular weight excluding hydrogens is 342 g/mol. The van der Waals surface area contributed by atoms with Gasteiger partial charge in [0.1, 0.15) is 0 Å². The number of nitrogens with one attached hydrogen (secondary N) is 1. The molecule has 0 fully saturated rings. The third kappa shape index (κ3) is 4.67. The summed E-state index contributed by atoms with van der Waals surface area (Å²) < 4.78 is 1.25. The monoisotopic (exact) mass is 365 g/mol. The van der Waals surface area contributed by atoms with Crippen molar-refractivity contribution in [2.24, 2.45) is 0 Å². The normalized spacial score (nSPS) is 12.6. The van der Waals surface area contributed by atoms with Crippen LogP contribution in [0.25, 0.3) is 0 Å². The molecule has 0 radical (unpaired) electrons. The van der Waals surface area contributed by atoms with Crippen LogP contribution in [0.15, 0.2) is 34.1 Å². The SMILES string of the molecule is CCCNC(Cc1ccc(CC)cc1)c1cc(C)c(Br)s1. The topological polar surface area (TPSA) is 12.0 Å². The van der Waals surface area contributed by atoms with E-state index in [9.17, 15) is 0 Å². The molecule has 0 aliphatic carbocycles. The molecular formula is C18H24BrNS. The minimum atomic E-state index is 0.410. The number of benzene rings is 1. The molecule has 3 heteroatoms. The Morgan fingerprint density at radius 3 is 2.33 bits per heavy atom. The van der Waals surface area contributed by atoms with Gasteiger partial charge in [0.25, 0.3) is 0 Å². The molecule has 1 aromatic heterocycles. The molecule has 0 spiro atoms. The molecule has 1 atom stereocenters. The second-order valence-electron chi connectivity index (χ2n) is 5.49. The number of rotatable bonds is 7. The summed E-state index contributed by atoms with van der Waals surface area (Å²) >= 11 is 5.50. The molecule has 0 aliphatic heterocycles. The molecule has 0 saturated carbocycles. The fraction of sp³-hybridized carbons (Fsp3) is 0.444. The molecule has 1 unspecified atom stereocenters. The van der Waals surface area contributed by atoms with Gasteiger partial charge in [0, 0.05) is 10.9 Å². The lowest BCUT2D eigenvalue weighted by Crippen LogP contribution is -2.23. The fourth-order valence-electron chi connectivity index (χ4n) is 2.39. The van der Waals surface area contributed by atoms with Crippen LogP contribution in [0.3, 0.4) is 0 Å². The van der Waals surface area contributed by atoms with Crippen molar-refractivity contribution in [2.75, 3.05) is 6.54 Å². The Balaban J connectivity index is 2.15. The minimum absolute atomic E-state index is 0.410. The van der Waals surface area contributed by atoms with Gasteiger partial charge in [0.2, 0.25) is 0 Å². The van der Waals surface area contributed by atoms with Gasteiger partial charge < -0.3 is 5.32 Å². The molecule has 0 saturated heterocycles. The first-order valence-electron chi connectivity index (χ1n) is 7.71. The van der Waals surface area contributed by atoms with Crippen LogP contribution < -0.4 is 5.32 Å². The van der Waals surface area contributed by atoms with Gasteiger partial charge in [-0.15, -0.1) is 11.3 Å². The van der Waals surface area contributed by atoms with E-state index in [1.807, 2.05) is 11.3 Å². The van der Waals surface area contributed by atoms with E-state index in [4.69, 9.17) is 0 Å². The molecule has 1 N–H and O–H groups in total. The van der Waals surface area contributed by atoms with Crippen molar-refractivity contribution in [3.63, 3.8) is 0 Å². The zero-order valence-corrected chi connectivity index (χ0v) is 15.5. The van der Waals surface area contributed by atoms with Crippen LogP contribution in [0.2, 0.25) is 0 Å². The second-order valence-corrected chi connectivity index (χ2v) is 7.89. The average Bonchev–Trinajstić information content (AvgIpc) is 2.83. The van der Waals surface area contributed by atoms with Gasteiger partial charge in [-0.1, -0.05) is 38.1 Å². The summed E-state index contributed by atoms with van der Waals surface area (Å²) in [5.41, 5.74) is 4.15. The van der Waals surface area contributed by atoms with E-state index >= 15 is 0 Å². The van der Waals surface area contributed by atoms with Crippen LogP contribution in [-0.4, -0.2) is 6.54 Å². The predicted octanol–water partition coefficient (Wildman–Crippen LogP) is 5.66. The van der Waals surface area contributed by atoms with Gasteiger partial charge in [-0.2, -0.15) is 0 Å². The Hall–Kier alpha value is -0.640. The zero-order valence-electron chi connectivity index (χ0n) is 13.1. The highest BCUT2D eigenvalue weighted by Gasteiger charge is 2.15. The summed E-state index contributed by atoms with van der Waals surface area (Å²) in [6.07, 6.45) is 3.32. The van der Waals surface area contributed by atoms with Gasteiger partial charge in [0.15, 0.2) is 0 Å². The average molecular weight is 366 g/mol. The lowest BCUT2D eigenvalue weighted by molar-refractivity contribution is 0.536. The Kier molecular flexibility index (Phi) is 6.46. The molecule has 1 heterocycles. The van der Waals surface area contributed by atoms with Crippen LogP contribution in [0.1, 0.15) is 47.9 Å². The molecule has 114 valence electrons. The van der Waals surface area contributed by atoms with Gasteiger partial charge in [-0.3, -0.25) is 0 Å². The summed E-state index contributed by atoms with van der Waals surface area (Å²) in [6, 6.07) is 11.8. The smallest absolute Gasteiger partial charge is 0.0731 e. The Bertz CT molecular complexity index is 540. The number of hydrogen-bond acceptors (Lipinski definition) is 2. The molecule has 0 aliphatic rings. The number of aryl methyl sites for hydroxylation is 2. The zero-order chi connectivity index (χ0) is 15.2. The number of hydrogen-bond donors (Lipinski definition) is 1. The number of thiophene rings is 1. The van der Waals surface area contributed by atoms with Crippen LogP contribution >= 0.6 is 27.3 Å². The quantitative estimate of drug-likeness (QED) is 0.666. The van der Waals surface area contributed by atoms with Crippen molar-refractivity contribution in [3.8, 4) is 0 Å². The molecule has 1 aromatic carbocycles. The van der Waals surface area contributed by atoms with Crippen LogP contribution in [0.4, 0.5) is 0 Å². The third-order valence-corrected chi connectivity index (χ3v) is 5.98. The van der Waals surface area contributed by atoms with Gasteiger partial charge in [0.05, 0.1) is 3.79 Å². The Morgan fingerprint density at radius 1 is 1.14 bits per heavy atom. The third-order valence-electron chi connectivity index (χ3n) is 3.73. The summed E-state index contributed by atoms with van der Waals surface area (Å²) in [7, 11) is 0. The van der Waals surface area contributed by atoms with E-state index in [1.165, 1.54) is 25.4 Å². The van der Waals surface area contributed by atoms with Crippen LogP contribution in [0, 0.1) is 6.92 Å². The Labute approximate surface area is 140 Å². The molecule has 0 bridgehead atoms. The van der Waals surface area contributed by atoms with Gasteiger partial charge in [-0.05, 0) is 71.4 Å². The summed E-state index contributed by atoms with van der Waals surface area (Å²) in [6.45, 7) is 7.64. The van der Waals surface area contributed by atoms with Crippen molar-refractivity contribution in [1.82, 2.24) is 5.32 Å².